The Hall–Kier alpha value is -1.96. The zero-order valence-electron chi connectivity index (χ0n) is 16.1. The van der Waals surface area contributed by atoms with Crippen LogP contribution in [0.4, 0.5) is 0 Å². The van der Waals surface area contributed by atoms with Gasteiger partial charge in [-0.3, -0.25) is 4.79 Å². The molecule has 0 saturated carbocycles. The summed E-state index contributed by atoms with van der Waals surface area (Å²) in [5.41, 5.74) is 6.68. The second kappa shape index (κ2) is 11.0. The average Bonchev–Trinajstić information content (AvgIpc) is 3.03. The molecule has 1 heterocycles. The minimum absolute atomic E-state index is 0. The molecule has 0 saturated heterocycles. The number of methoxy groups -OCH3 is 2. The molecule has 0 aliphatic carbocycles. The Morgan fingerprint density at radius 1 is 1.15 bits per heavy atom. The Bertz CT molecular complexity index is 715. The van der Waals surface area contributed by atoms with E-state index in [0.717, 1.165) is 5.56 Å². The van der Waals surface area contributed by atoms with Crippen molar-refractivity contribution in [3.05, 3.63) is 42.0 Å². The van der Waals surface area contributed by atoms with Crippen LogP contribution in [0.2, 0.25) is 0 Å². The number of aromatic nitrogens is 2. The molecule has 1 aromatic carbocycles. The molecule has 27 heavy (non-hydrogen) atoms. The SMILES string of the molecule is COc1cc(OC)cc(C(NC(=O)C(C)C(C)N)c2nccn2C)c1.Cl.Cl. The number of nitrogens with two attached hydrogens (primary N) is 1. The number of hydrogen-bond acceptors (Lipinski definition) is 5. The van der Waals surface area contributed by atoms with Gasteiger partial charge in [0.05, 0.1) is 14.2 Å². The highest BCUT2D eigenvalue weighted by Crippen LogP contribution is 2.29. The number of imidazole rings is 1. The normalized spacial score (nSPS) is 13.4. The molecule has 0 aliphatic rings. The minimum atomic E-state index is -0.447. The van der Waals surface area contributed by atoms with Crippen molar-refractivity contribution in [2.75, 3.05) is 14.2 Å². The summed E-state index contributed by atoms with van der Waals surface area (Å²) in [5.74, 6) is 1.53. The second-order valence-corrected chi connectivity index (χ2v) is 6.13. The van der Waals surface area contributed by atoms with Gasteiger partial charge < -0.3 is 25.1 Å². The van der Waals surface area contributed by atoms with Crippen LogP contribution in [-0.2, 0) is 11.8 Å². The van der Waals surface area contributed by atoms with Crippen molar-refractivity contribution in [3.63, 3.8) is 0 Å². The van der Waals surface area contributed by atoms with Crippen molar-refractivity contribution < 1.29 is 14.3 Å². The molecule has 152 valence electrons. The highest BCUT2D eigenvalue weighted by molar-refractivity contribution is 5.85. The zero-order chi connectivity index (χ0) is 18.6. The number of amides is 1. The number of carbonyl (C=O) groups is 1. The van der Waals surface area contributed by atoms with E-state index in [1.807, 2.05) is 43.8 Å². The number of rotatable bonds is 7. The topological polar surface area (TPSA) is 91.4 Å². The summed E-state index contributed by atoms with van der Waals surface area (Å²) in [5, 5.41) is 3.05. The van der Waals surface area contributed by atoms with Crippen LogP contribution in [0.15, 0.2) is 30.6 Å². The Kier molecular flexibility index (Phi) is 10.2. The third kappa shape index (κ3) is 6.02. The van der Waals surface area contributed by atoms with Crippen LogP contribution < -0.4 is 20.5 Å². The summed E-state index contributed by atoms with van der Waals surface area (Å²) in [4.78, 5) is 17.0. The van der Waals surface area contributed by atoms with E-state index < -0.39 is 6.04 Å². The van der Waals surface area contributed by atoms with Crippen LogP contribution in [0.5, 0.6) is 11.5 Å². The van der Waals surface area contributed by atoms with E-state index >= 15 is 0 Å². The van der Waals surface area contributed by atoms with Gasteiger partial charge in [0.1, 0.15) is 23.4 Å². The predicted octanol–water partition coefficient (Wildman–Crippen LogP) is 2.47. The van der Waals surface area contributed by atoms with Gasteiger partial charge in [-0.05, 0) is 24.6 Å². The van der Waals surface area contributed by atoms with Gasteiger partial charge in [0.2, 0.25) is 5.91 Å². The van der Waals surface area contributed by atoms with Crippen LogP contribution in [-0.4, -0.2) is 35.7 Å². The van der Waals surface area contributed by atoms with Crippen molar-refractivity contribution in [2.45, 2.75) is 25.9 Å². The predicted molar refractivity (Wildman–Crippen MR) is 110 cm³/mol. The zero-order valence-corrected chi connectivity index (χ0v) is 17.8. The quantitative estimate of drug-likeness (QED) is 0.720. The number of nitrogens with one attached hydrogen (secondary N) is 1. The highest BCUT2D eigenvalue weighted by Gasteiger charge is 2.26. The van der Waals surface area contributed by atoms with Crippen LogP contribution in [0.3, 0.4) is 0 Å². The molecule has 0 spiro atoms. The number of benzene rings is 1. The van der Waals surface area contributed by atoms with Crippen molar-refractivity contribution in [2.24, 2.45) is 18.7 Å². The molecule has 2 rings (SSSR count). The van der Waals surface area contributed by atoms with E-state index in [1.165, 1.54) is 0 Å². The first kappa shape index (κ1) is 25.0. The summed E-state index contributed by atoms with van der Waals surface area (Å²) in [6.45, 7) is 3.62. The standard InChI is InChI=1S/C18H26N4O3.2ClH/c1-11(12(2)19)18(23)21-16(17-20-6-7-22(17)3)13-8-14(24-4)10-15(9-13)25-5;;/h6-12,16H,19H2,1-5H3,(H,21,23);2*1H. The Labute approximate surface area is 172 Å². The third-order valence-corrected chi connectivity index (χ3v) is 4.31. The molecular weight excluding hydrogens is 391 g/mol. The van der Waals surface area contributed by atoms with Gasteiger partial charge in [-0.1, -0.05) is 6.92 Å². The summed E-state index contributed by atoms with van der Waals surface area (Å²) in [6, 6.07) is 4.81. The van der Waals surface area contributed by atoms with Gasteiger partial charge in [0.25, 0.3) is 0 Å². The number of nitrogens with zero attached hydrogens (tertiary/aromatic N) is 2. The molecule has 1 amide bonds. The van der Waals surface area contributed by atoms with Crippen LogP contribution in [0, 0.1) is 5.92 Å². The summed E-state index contributed by atoms with van der Waals surface area (Å²) < 4.78 is 12.6. The van der Waals surface area contributed by atoms with Crippen LogP contribution in [0.1, 0.15) is 31.3 Å². The highest BCUT2D eigenvalue weighted by atomic mass is 35.5. The maximum Gasteiger partial charge on any atom is 0.225 e. The van der Waals surface area contributed by atoms with E-state index in [-0.39, 0.29) is 42.7 Å². The Morgan fingerprint density at radius 3 is 2.11 bits per heavy atom. The first-order valence-electron chi connectivity index (χ1n) is 8.13. The first-order valence-corrected chi connectivity index (χ1v) is 8.13. The monoisotopic (exact) mass is 418 g/mol. The molecule has 0 aliphatic heterocycles. The molecule has 0 fully saturated rings. The van der Waals surface area contributed by atoms with E-state index in [2.05, 4.69) is 10.3 Å². The van der Waals surface area contributed by atoms with E-state index in [1.54, 1.807) is 26.5 Å². The molecule has 3 unspecified atom stereocenters. The van der Waals surface area contributed by atoms with Gasteiger partial charge >= 0.3 is 0 Å². The van der Waals surface area contributed by atoms with Crippen LogP contribution in [0.25, 0.3) is 0 Å². The number of ether oxygens (including phenoxy) is 2. The third-order valence-electron chi connectivity index (χ3n) is 4.31. The first-order chi connectivity index (χ1) is 11.9. The van der Waals surface area contributed by atoms with Gasteiger partial charge in [-0.25, -0.2) is 4.98 Å². The smallest absolute Gasteiger partial charge is 0.225 e. The fraction of sp³-hybridized carbons (Fsp3) is 0.444. The van der Waals surface area contributed by atoms with Crippen molar-refractivity contribution in [1.82, 2.24) is 14.9 Å². The van der Waals surface area contributed by atoms with Crippen molar-refractivity contribution in [1.29, 1.82) is 0 Å². The van der Waals surface area contributed by atoms with Gasteiger partial charge in [-0.15, -0.1) is 24.8 Å². The second-order valence-electron chi connectivity index (χ2n) is 6.13. The average molecular weight is 419 g/mol. The van der Waals surface area contributed by atoms with Gasteiger partial charge in [0, 0.05) is 37.5 Å². The van der Waals surface area contributed by atoms with Crippen molar-refractivity contribution in [3.8, 4) is 11.5 Å². The lowest BCUT2D eigenvalue weighted by molar-refractivity contribution is -0.125. The molecule has 0 bridgehead atoms. The Balaban J connectivity index is 0.00000338. The minimum Gasteiger partial charge on any atom is -0.497 e. The summed E-state index contributed by atoms with van der Waals surface area (Å²) in [6.07, 6.45) is 3.53. The number of carbonyl (C=O) groups excluding carboxylic acids is 1. The van der Waals surface area contributed by atoms with Crippen molar-refractivity contribution >= 4 is 30.7 Å². The van der Waals surface area contributed by atoms with E-state index in [4.69, 9.17) is 15.2 Å². The molecule has 3 atom stereocenters. The number of halogens is 2. The molecule has 9 heteroatoms. The Morgan fingerprint density at radius 2 is 1.70 bits per heavy atom. The maximum atomic E-state index is 12.6. The lowest BCUT2D eigenvalue weighted by Crippen LogP contribution is -2.41. The maximum absolute atomic E-state index is 12.6. The number of hydrogen-bond donors (Lipinski definition) is 2. The molecular formula is C18H28Cl2N4O3. The largest absolute Gasteiger partial charge is 0.497 e. The lowest BCUT2D eigenvalue weighted by atomic mass is 10.0. The fourth-order valence-electron chi connectivity index (χ4n) is 2.46. The fourth-order valence-corrected chi connectivity index (χ4v) is 2.46. The molecule has 0 radical (unpaired) electrons. The molecule has 3 N–H and O–H groups in total. The van der Waals surface area contributed by atoms with E-state index in [9.17, 15) is 4.79 Å². The van der Waals surface area contributed by atoms with Gasteiger partial charge in [-0.2, -0.15) is 0 Å². The number of aryl methyl sites for hydroxylation is 1. The van der Waals surface area contributed by atoms with Gasteiger partial charge in [0.15, 0.2) is 0 Å². The van der Waals surface area contributed by atoms with E-state index in [0.29, 0.717) is 17.3 Å². The molecule has 1 aromatic heterocycles. The van der Waals surface area contributed by atoms with Crippen LogP contribution >= 0.6 is 24.8 Å². The summed E-state index contributed by atoms with van der Waals surface area (Å²) >= 11 is 0. The molecule has 7 nitrogen and oxygen atoms in total. The lowest BCUT2D eigenvalue weighted by Gasteiger charge is -2.23. The summed E-state index contributed by atoms with van der Waals surface area (Å²) in [7, 11) is 5.06. The molecule has 2 aromatic rings.